The first kappa shape index (κ1) is 15.0. The molecule has 3 heterocycles. The molecular weight excluding hydrogens is 316 g/mol. The van der Waals surface area contributed by atoms with E-state index in [-0.39, 0.29) is 23.1 Å². The number of carbonyl (C=O) groups excluding carboxylic acids is 1. The van der Waals surface area contributed by atoms with Crippen molar-refractivity contribution in [1.29, 1.82) is 0 Å². The summed E-state index contributed by atoms with van der Waals surface area (Å²) in [5, 5.41) is 13.8. The summed E-state index contributed by atoms with van der Waals surface area (Å²) in [6.45, 7) is 3.97. The highest BCUT2D eigenvalue weighted by Gasteiger charge is 2.62. The molecular formula is C20H22N2O3. The van der Waals surface area contributed by atoms with Crippen molar-refractivity contribution >= 4 is 11.7 Å². The van der Waals surface area contributed by atoms with E-state index in [4.69, 9.17) is 4.74 Å². The van der Waals surface area contributed by atoms with Gasteiger partial charge in [-0.2, -0.15) is 0 Å². The standard InChI is InChI=1S/C20H22N2O3/c1-3-11-10-22-8-7-20-13-5-4-6-14(23)17(13)21-18(20)16(19(24)25-2)12(11)9-15(20)22/h3-6,12,15,21,23H,7-10H2,1-2H3/b11-3+/t12-,15-,20+/m0/s1. The first-order valence-electron chi connectivity index (χ1n) is 8.93. The number of fused-ring (bicyclic) bond motifs is 2. The van der Waals surface area contributed by atoms with Crippen LogP contribution in [0.3, 0.4) is 0 Å². The summed E-state index contributed by atoms with van der Waals surface area (Å²) in [5.41, 5.74) is 4.66. The number of nitrogens with one attached hydrogen (secondary N) is 1. The number of phenolic OH excluding ortho intramolecular Hbond substituents is 1. The number of hydrogen-bond donors (Lipinski definition) is 2. The van der Waals surface area contributed by atoms with Gasteiger partial charge < -0.3 is 15.2 Å². The summed E-state index contributed by atoms with van der Waals surface area (Å²) in [5.74, 6) is 0.0958. The van der Waals surface area contributed by atoms with Crippen molar-refractivity contribution in [3.05, 3.63) is 46.7 Å². The van der Waals surface area contributed by atoms with Crippen LogP contribution in [0.1, 0.15) is 25.3 Å². The fourth-order valence-electron chi connectivity index (χ4n) is 5.67. The molecule has 0 amide bonds. The van der Waals surface area contributed by atoms with Crippen molar-refractivity contribution in [2.75, 3.05) is 25.5 Å². The third-order valence-electron chi connectivity index (χ3n) is 6.71. The van der Waals surface area contributed by atoms with Crippen LogP contribution in [0.4, 0.5) is 5.69 Å². The lowest BCUT2D eigenvalue weighted by molar-refractivity contribution is -0.137. The lowest BCUT2D eigenvalue weighted by atomic mass is 9.62. The molecule has 1 aromatic rings. The normalized spacial score (nSPS) is 33.9. The zero-order valence-electron chi connectivity index (χ0n) is 14.5. The minimum absolute atomic E-state index is 0.101. The van der Waals surface area contributed by atoms with Gasteiger partial charge in [0, 0.05) is 30.7 Å². The predicted molar refractivity (Wildman–Crippen MR) is 94.3 cm³/mol. The number of phenols is 1. The average Bonchev–Trinajstić information content (AvgIpc) is 3.18. The predicted octanol–water partition coefficient (Wildman–Crippen LogP) is 2.54. The van der Waals surface area contributed by atoms with Crippen molar-refractivity contribution in [2.24, 2.45) is 5.92 Å². The lowest BCUT2D eigenvalue weighted by Crippen LogP contribution is -2.53. The molecule has 1 aliphatic carbocycles. The molecule has 2 fully saturated rings. The fraction of sp³-hybridized carbons (Fsp3) is 0.450. The van der Waals surface area contributed by atoms with Crippen LogP contribution in [-0.2, 0) is 14.9 Å². The summed E-state index contributed by atoms with van der Waals surface area (Å²) in [6.07, 6.45) is 4.04. The third kappa shape index (κ3) is 1.64. The molecule has 5 rings (SSSR count). The highest BCUT2D eigenvalue weighted by atomic mass is 16.5. The number of anilines is 1. The van der Waals surface area contributed by atoms with Gasteiger partial charge in [-0.15, -0.1) is 0 Å². The van der Waals surface area contributed by atoms with Gasteiger partial charge in [-0.05, 0) is 31.4 Å². The molecule has 2 saturated heterocycles. The number of carbonyl (C=O) groups is 1. The Hall–Kier alpha value is -2.27. The summed E-state index contributed by atoms with van der Waals surface area (Å²) in [4.78, 5) is 15.3. The van der Waals surface area contributed by atoms with Crippen molar-refractivity contribution in [1.82, 2.24) is 4.90 Å². The molecule has 0 unspecified atom stereocenters. The number of piperidine rings is 1. The van der Waals surface area contributed by atoms with E-state index < -0.39 is 0 Å². The number of ether oxygens (including phenoxy) is 1. The molecule has 1 aromatic carbocycles. The monoisotopic (exact) mass is 338 g/mol. The Morgan fingerprint density at radius 3 is 3.08 bits per heavy atom. The summed E-state index contributed by atoms with van der Waals surface area (Å²) >= 11 is 0. The SMILES string of the molecule is C/C=C1\CN2CC[C@]34C(=C(C(=O)OC)[C@H]1C[C@H]23)Nc1c(O)cccc14. The molecule has 1 spiro atoms. The van der Waals surface area contributed by atoms with Gasteiger partial charge in [-0.25, -0.2) is 4.79 Å². The molecule has 3 aliphatic heterocycles. The molecule has 2 bridgehead atoms. The van der Waals surface area contributed by atoms with Gasteiger partial charge in [-0.1, -0.05) is 23.8 Å². The van der Waals surface area contributed by atoms with E-state index >= 15 is 0 Å². The van der Waals surface area contributed by atoms with Gasteiger partial charge in [0.2, 0.25) is 0 Å². The van der Waals surface area contributed by atoms with Gasteiger partial charge in [0.1, 0.15) is 5.75 Å². The Kier molecular flexibility index (Phi) is 2.93. The number of hydrogen-bond acceptors (Lipinski definition) is 5. The minimum atomic E-state index is -0.252. The Balaban J connectivity index is 1.83. The first-order valence-corrected chi connectivity index (χ1v) is 8.93. The summed E-state index contributed by atoms with van der Waals surface area (Å²) < 4.78 is 5.17. The molecule has 3 atom stereocenters. The second-order valence-corrected chi connectivity index (χ2v) is 7.46. The number of aromatic hydroxyl groups is 1. The Labute approximate surface area is 147 Å². The first-order chi connectivity index (χ1) is 12.1. The van der Waals surface area contributed by atoms with E-state index in [1.54, 1.807) is 6.07 Å². The molecule has 4 aliphatic rings. The maximum absolute atomic E-state index is 12.8. The Morgan fingerprint density at radius 1 is 1.48 bits per heavy atom. The van der Waals surface area contributed by atoms with Crippen LogP contribution in [0.2, 0.25) is 0 Å². The number of para-hydroxylation sites is 1. The van der Waals surface area contributed by atoms with E-state index in [9.17, 15) is 9.90 Å². The largest absolute Gasteiger partial charge is 0.506 e. The fourth-order valence-corrected chi connectivity index (χ4v) is 5.67. The zero-order valence-corrected chi connectivity index (χ0v) is 14.5. The molecule has 0 saturated carbocycles. The number of allylic oxidation sites excluding steroid dienone is 1. The molecule has 5 heteroatoms. The lowest BCUT2D eigenvalue weighted by Gasteiger charge is -2.48. The van der Waals surface area contributed by atoms with Crippen LogP contribution < -0.4 is 5.32 Å². The average molecular weight is 338 g/mol. The van der Waals surface area contributed by atoms with Crippen LogP contribution in [-0.4, -0.2) is 42.2 Å². The number of rotatable bonds is 1. The van der Waals surface area contributed by atoms with E-state index in [2.05, 4.69) is 29.3 Å². The molecule has 2 N–H and O–H groups in total. The number of esters is 1. The van der Waals surface area contributed by atoms with E-state index in [0.29, 0.717) is 6.04 Å². The van der Waals surface area contributed by atoms with Gasteiger partial charge >= 0.3 is 5.97 Å². The smallest absolute Gasteiger partial charge is 0.336 e. The number of methoxy groups -OCH3 is 1. The van der Waals surface area contributed by atoms with Crippen LogP contribution in [0.25, 0.3) is 0 Å². The van der Waals surface area contributed by atoms with Crippen molar-refractivity contribution in [3.63, 3.8) is 0 Å². The number of benzene rings is 1. The quantitative estimate of drug-likeness (QED) is 0.468. The van der Waals surface area contributed by atoms with Gasteiger partial charge in [-0.3, -0.25) is 4.90 Å². The minimum Gasteiger partial charge on any atom is -0.506 e. The molecule has 25 heavy (non-hydrogen) atoms. The van der Waals surface area contributed by atoms with Crippen LogP contribution >= 0.6 is 0 Å². The second kappa shape index (κ2) is 4.88. The van der Waals surface area contributed by atoms with E-state index in [0.717, 1.165) is 48.5 Å². The molecule has 130 valence electrons. The third-order valence-corrected chi connectivity index (χ3v) is 6.71. The van der Waals surface area contributed by atoms with Crippen molar-refractivity contribution < 1.29 is 14.6 Å². The van der Waals surface area contributed by atoms with Crippen LogP contribution in [0.15, 0.2) is 41.1 Å². The van der Waals surface area contributed by atoms with Crippen molar-refractivity contribution in [3.8, 4) is 5.75 Å². The molecule has 0 aromatic heterocycles. The van der Waals surface area contributed by atoms with Gasteiger partial charge in [0.25, 0.3) is 0 Å². The van der Waals surface area contributed by atoms with E-state index in [1.807, 2.05) is 6.07 Å². The van der Waals surface area contributed by atoms with E-state index in [1.165, 1.54) is 12.7 Å². The highest BCUT2D eigenvalue weighted by Crippen LogP contribution is 2.62. The second-order valence-electron chi connectivity index (χ2n) is 7.46. The number of nitrogens with zero attached hydrogens (tertiary/aromatic N) is 1. The van der Waals surface area contributed by atoms with Crippen LogP contribution in [0, 0.1) is 5.92 Å². The summed E-state index contributed by atoms with van der Waals surface area (Å²) in [7, 11) is 1.45. The summed E-state index contributed by atoms with van der Waals surface area (Å²) in [6, 6.07) is 6.06. The van der Waals surface area contributed by atoms with Crippen LogP contribution in [0.5, 0.6) is 5.75 Å². The zero-order chi connectivity index (χ0) is 17.3. The molecule has 0 radical (unpaired) electrons. The molecule has 5 nitrogen and oxygen atoms in total. The maximum atomic E-state index is 12.8. The van der Waals surface area contributed by atoms with Gasteiger partial charge in [0.05, 0.1) is 23.8 Å². The highest BCUT2D eigenvalue weighted by molar-refractivity contribution is 5.94. The van der Waals surface area contributed by atoms with Gasteiger partial charge in [0.15, 0.2) is 0 Å². The maximum Gasteiger partial charge on any atom is 0.336 e. The Bertz CT molecular complexity index is 856. The Morgan fingerprint density at radius 2 is 2.32 bits per heavy atom. The van der Waals surface area contributed by atoms with Crippen molar-refractivity contribution in [2.45, 2.75) is 31.2 Å². The topological polar surface area (TPSA) is 61.8 Å².